The van der Waals surface area contributed by atoms with Crippen LogP contribution in [-0.4, -0.2) is 7.11 Å². The molecular weight excluding hydrogens is 198 g/mol. The molecule has 1 aromatic carbocycles. The van der Waals surface area contributed by atoms with Gasteiger partial charge in [-0.1, -0.05) is 43.5 Å². The minimum absolute atomic E-state index is 0.118. The van der Waals surface area contributed by atoms with E-state index in [-0.39, 0.29) is 5.54 Å². The van der Waals surface area contributed by atoms with E-state index in [9.17, 15) is 0 Å². The Hall–Kier alpha value is -0.860. The van der Waals surface area contributed by atoms with Gasteiger partial charge in [-0.15, -0.1) is 0 Å². The topological polar surface area (TPSA) is 35.2 Å². The highest BCUT2D eigenvalue weighted by atomic mass is 16.5. The van der Waals surface area contributed by atoms with Crippen LogP contribution in [0.2, 0.25) is 0 Å². The number of ether oxygens (including phenoxy) is 1. The SMILES string of the molecule is COCc1ccccc1C1(N)CCCCC1. The molecule has 16 heavy (non-hydrogen) atoms. The van der Waals surface area contributed by atoms with Crippen molar-refractivity contribution < 1.29 is 4.74 Å². The van der Waals surface area contributed by atoms with Crippen molar-refractivity contribution in [3.05, 3.63) is 35.4 Å². The van der Waals surface area contributed by atoms with Gasteiger partial charge in [-0.3, -0.25) is 0 Å². The van der Waals surface area contributed by atoms with E-state index in [0.29, 0.717) is 6.61 Å². The van der Waals surface area contributed by atoms with Gasteiger partial charge in [0.2, 0.25) is 0 Å². The number of nitrogens with two attached hydrogens (primary N) is 1. The van der Waals surface area contributed by atoms with Gasteiger partial charge in [0.25, 0.3) is 0 Å². The Morgan fingerprint density at radius 1 is 1.19 bits per heavy atom. The summed E-state index contributed by atoms with van der Waals surface area (Å²) < 4.78 is 5.25. The smallest absolute Gasteiger partial charge is 0.0716 e. The van der Waals surface area contributed by atoms with Gasteiger partial charge >= 0.3 is 0 Å². The van der Waals surface area contributed by atoms with Crippen LogP contribution in [0.5, 0.6) is 0 Å². The van der Waals surface area contributed by atoms with Crippen LogP contribution < -0.4 is 5.73 Å². The Morgan fingerprint density at radius 2 is 1.88 bits per heavy atom. The van der Waals surface area contributed by atoms with Gasteiger partial charge in [-0.2, -0.15) is 0 Å². The lowest BCUT2D eigenvalue weighted by atomic mass is 9.76. The van der Waals surface area contributed by atoms with Crippen LogP contribution >= 0.6 is 0 Å². The van der Waals surface area contributed by atoms with Crippen molar-refractivity contribution in [2.45, 2.75) is 44.2 Å². The molecule has 0 amide bonds. The second-order valence-corrected chi connectivity index (χ2v) is 4.81. The summed E-state index contributed by atoms with van der Waals surface area (Å²) in [5, 5.41) is 0. The number of benzene rings is 1. The molecule has 0 radical (unpaired) electrons. The highest BCUT2D eigenvalue weighted by molar-refractivity contribution is 5.33. The quantitative estimate of drug-likeness (QED) is 0.848. The normalized spacial score (nSPS) is 19.6. The van der Waals surface area contributed by atoms with E-state index in [4.69, 9.17) is 10.5 Å². The summed E-state index contributed by atoms with van der Waals surface area (Å²) >= 11 is 0. The Balaban J connectivity index is 2.30. The second kappa shape index (κ2) is 4.98. The maximum Gasteiger partial charge on any atom is 0.0716 e. The van der Waals surface area contributed by atoms with Gasteiger partial charge in [0.05, 0.1) is 6.61 Å². The Morgan fingerprint density at radius 3 is 2.56 bits per heavy atom. The molecule has 2 heteroatoms. The fraction of sp³-hybridized carbons (Fsp3) is 0.571. The molecular formula is C14H21NO. The van der Waals surface area contributed by atoms with Gasteiger partial charge in [-0.05, 0) is 24.0 Å². The maximum absolute atomic E-state index is 6.56. The second-order valence-electron chi connectivity index (χ2n) is 4.81. The van der Waals surface area contributed by atoms with E-state index in [1.165, 1.54) is 30.4 Å². The molecule has 88 valence electrons. The Bertz CT molecular complexity index is 342. The van der Waals surface area contributed by atoms with Crippen LogP contribution in [0.4, 0.5) is 0 Å². The minimum atomic E-state index is -0.118. The van der Waals surface area contributed by atoms with Crippen LogP contribution in [0, 0.1) is 0 Å². The van der Waals surface area contributed by atoms with E-state index in [0.717, 1.165) is 12.8 Å². The first-order valence-electron chi connectivity index (χ1n) is 6.12. The van der Waals surface area contributed by atoms with E-state index >= 15 is 0 Å². The van der Waals surface area contributed by atoms with Crippen molar-refractivity contribution in [2.24, 2.45) is 5.73 Å². The molecule has 2 N–H and O–H groups in total. The van der Waals surface area contributed by atoms with Crippen molar-refractivity contribution in [3.8, 4) is 0 Å². The van der Waals surface area contributed by atoms with Gasteiger partial charge in [0.15, 0.2) is 0 Å². The van der Waals surface area contributed by atoms with E-state index < -0.39 is 0 Å². The van der Waals surface area contributed by atoms with Crippen LogP contribution in [-0.2, 0) is 16.9 Å². The van der Waals surface area contributed by atoms with Gasteiger partial charge in [0, 0.05) is 12.6 Å². The van der Waals surface area contributed by atoms with Crippen LogP contribution in [0.1, 0.15) is 43.2 Å². The molecule has 0 aliphatic heterocycles. The molecule has 0 unspecified atom stereocenters. The summed E-state index contributed by atoms with van der Waals surface area (Å²) in [4.78, 5) is 0. The van der Waals surface area contributed by atoms with Crippen molar-refractivity contribution in [1.82, 2.24) is 0 Å². The molecule has 1 fully saturated rings. The first-order valence-corrected chi connectivity index (χ1v) is 6.12. The fourth-order valence-corrected chi connectivity index (χ4v) is 2.74. The van der Waals surface area contributed by atoms with Crippen LogP contribution in [0.15, 0.2) is 24.3 Å². The van der Waals surface area contributed by atoms with Gasteiger partial charge in [0.1, 0.15) is 0 Å². The monoisotopic (exact) mass is 219 g/mol. The number of hydrogen-bond acceptors (Lipinski definition) is 2. The standard InChI is InChI=1S/C14H21NO/c1-16-11-12-7-3-4-8-13(12)14(15)9-5-2-6-10-14/h3-4,7-8H,2,5-6,9-11,15H2,1H3. The molecule has 1 aromatic rings. The third kappa shape index (κ3) is 2.28. The largest absolute Gasteiger partial charge is 0.380 e. The molecule has 0 atom stereocenters. The zero-order valence-electron chi connectivity index (χ0n) is 10.0. The molecule has 0 spiro atoms. The summed E-state index contributed by atoms with van der Waals surface area (Å²) in [5.74, 6) is 0. The average molecular weight is 219 g/mol. The Labute approximate surface area is 97.8 Å². The van der Waals surface area contributed by atoms with Gasteiger partial charge in [-0.25, -0.2) is 0 Å². The molecule has 0 heterocycles. The predicted octanol–water partition coefficient (Wildman–Crippen LogP) is 2.95. The molecule has 2 nitrogen and oxygen atoms in total. The number of rotatable bonds is 3. The van der Waals surface area contributed by atoms with Crippen molar-refractivity contribution in [2.75, 3.05) is 7.11 Å². The van der Waals surface area contributed by atoms with Crippen molar-refractivity contribution in [1.29, 1.82) is 0 Å². The van der Waals surface area contributed by atoms with E-state index in [2.05, 4.69) is 24.3 Å². The number of hydrogen-bond donors (Lipinski definition) is 1. The van der Waals surface area contributed by atoms with E-state index in [1.807, 2.05) is 0 Å². The molecule has 1 aliphatic carbocycles. The van der Waals surface area contributed by atoms with Crippen LogP contribution in [0.3, 0.4) is 0 Å². The fourth-order valence-electron chi connectivity index (χ4n) is 2.74. The maximum atomic E-state index is 6.56. The first kappa shape index (κ1) is 11.6. The summed E-state index contributed by atoms with van der Waals surface area (Å²) in [6, 6.07) is 8.43. The average Bonchev–Trinajstić information content (AvgIpc) is 2.31. The molecule has 0 bridgehead atoms. The van der Waals surface area contributed by atoms with Crippen molar-refractivity contribution >= 4 is 0 Å². The molecule has 1 aliphatic rings. The molecule has 0 saturated heterocycles. The third-order valence-corrected chi connectivity index (χ3v) is 3.60. The lowest BCUT2D eigenvalue weighted by molar-refractivity contribution is 0.181. The molecule has 0 aromatic heterocycles. The summed E-state index contributed by atoms with van der Waals surface area (Å²) in [5.41, 5.74) is 8.97. The summed E-state index contributed by atoms with van der Waals surface area (Å²) in [6.07, 6.45) is 6.03. The molecule has 2 rings (SSSR count). The lowest BCUT2D eigenvalue weighted by Crippen LogP contribution is -2.39. The third-order valence-electron chi connectivity index (χ3n) is 3.60. The zero-order valence-corrected chi connectivity index (χ0v) is 10.0. The minimum Gasteiger partial charge on any atom is -0.380 e. The van der Waals surface area contributed by atoms with Gasteiger partial charge < -0.3 is 10.5 Å². The van der Waals surface area contributed by atoms with Crippen LogP contribution in [0.25, 0.3) is 0 Å². The summed E-state index contributed by atoms with van der Waals surface area (Å²) in [7, 11) is 1.74. The van der Waals surface area contributed by atoms with E-state index in [1.54, 1.807) is 7.11 Å². The first-order chi connectivity index (χ1) is 7.76. The molecule has 1 saturated carbocycles. The van der Waals surface area contributed by atoms with Crippen molar-refractivity contribution in [3.63, 3.8) is 0 Å². The summed E-state index contributed by atoms with van der Waals surface area (Å²) in [6.45, 7) is 0.662. The highest BCUT2D eigenvalue weighted by Crippen LogP contribution is 2.36. The number of methoxy groups -OCH3 is 1. The highest BCUT2D eigenvalue weighted by Gasteiger charge is 2.30. The zero-order chi connectivity index (χ0) is 11.4. The lowest BCUT2D eigenvalue weighted by Gasteiger charge is -2.35. The Kier molecular flexibility index (Phi) is 3.62. The predicted molar refractivity (Wildman–Crippen MR) is 66.1 cm³/mol.